The minimum Gasteiger partial charge on any atom is -0.507 e. The lowest BCUT2D eigenvalue weighted by atomic mass is 9.93. The van der Waals surface area contributed by atoms with Crippen molar-refractivity contribution in [2.75, 3.05) is 44.2 Å². The predicted molar refractivity (Wildman–Crippen MR) is 141 cm³/mol. The first-order valence-electron chi connectivity index (χ1n) is 11.9. The van der Waals surface area contributed by atoms with Gasteiger partial charge in [-0.2, -0.15) is 5.26 Å². The molecular formula is C29H25N3O6. The minimum absolute atomic E-state index is 0.0924. The van der Waals surface area contributed by atoms with E-state index in [-0.39, 0.29) is 11.3 Å². The molecule has 1 atom stereocenters. The van der Waals surface area contributed by atoms with E-state index in [1.807, 2.05) is 18.0 Å². The highest BCUT2D eigenvalue weighted by Crippen LogP contribution is 2.47. The quantitative estimate of drug-likeness (QED) is 0.310. The van der Waals surface area contributed by atoms with Crippen molar-refractivity contribution < 1.29 is 28.9 Å². The number of aliphatic hydroxyl groups excluding tert-OH is 1. The van der Waals surface area contributed by atoms with Crippen LogP contribution in [0.25, 0.3) is 5.76 Å². The summed E-state index contributed by atoms with van der Waals surface area (Å²) in [5.41, 5.74) is 2.28. The van der Waals surface area contributed by atoms with Gasteiger partial charge in [0, 0.05) is 23.9 Å². The van der Waals surface area contributed by atoms with Crippen LogP contribution in [0.3, 0.4) is 0 Å². The predicted octanol–water partition coefficient (Wildman–Crippen LogP) is 4.03. The molecule has 1 N–H and O–H groups in total. The molecule has 0 aromatic heterocycles. The lowest BCUT2D eigenvalue weighted by Gasteiger charge is -2.28. The standard InChI is InChI=1S/C29H25N3O6/c1-31-13-14-38-22-12-9-18(15-21(22)31)26(33)24-25(20-5-4-6-23(36-2)28(20)37-3)32(29(35)27(24)34)19-10-7-17(16-30)8-11-19/h4-12,15,25,33H,13-14H2,1-3H3/b26-24+. The Kier molecular flexibility index (Phi) is 6.39. The molecule has 1 saturated heterocycles. The van der Waals surface area contributed by atoms with Gasteiger partial charge in [-0.05, 0) is 48.5 Å². The van der Waals surface area contributed by atoms with Gasteiger partial charge in [-0.3, -0.25) is 14.5 Å². The van der Waals surface area contributed by atoms with Gasteiger partial charge in [-0.25, -0.2) is 0 Å². The largest absolute Gasteiger partial charge is 0.507 e. The van der Waals surface area contributed by atoms with Gasteiger partial charge in [0.2, 0.25) is 0 Å². The number of anilines is 2. The van der Waals surface area contributed by atoms with Crippen molar-refractivity contribution in [3.63, 3.8) is 0 Å². The number of benzene rings is 3. The van der Waals surface area contributed by atoms with Crippen molar-refractivity contribution in [2.24, 2.45) is 0 Å². The number of para-hydroxylation sites is 1. The Morgan fingerprint density at radius 3 is 2.53 bits per heavy atom. The fourth-order valence-corrected chi connectivity index (χ4v) is 4.87. The van der Waals surface area contributed by atoms with Gasteiger partial charge in [0.15, 0.2) is 11.5 Å². The molecule has 38 heavy (non-hydrogen) atoms. The molecule has 1 amide bonds. The van der Waals surface area contributed by atoms with Gasteiger partial charge >= 0.3 is 0 Å². The SMILES string of the molecule is COc1cccc(C2/C(=C(\O)c3ccc4c(c3)N(C)CCO4)C(=O)C(=O)N2c2ccc(C#N)cc2)c1OC. The highest BCUT2D eigenvalue weighted by molar-refractivity contribution is 6.51. The van der Waals surface area contributed by atoms with Gasteiger partial charge in [-0.15, -0.1) is 0 Å². The molecule has 9 nitrogen and oxygen atoms in total. The van der Waals surface area contributed by atoms with Crippen molar-refractivity contribution in [1.29, 1.82) is 5.26 Å². The monoisotopic (exact) mass is 511 g/mol. The molecule has 1 unspecified atom stereocenters. The Balaban J connectivity index is 1.75. The van der Waals surface area contributed by atoms with Gasteiger partial charge in [0.1, 0.15) is 18.1 Å². The summed E-state index contributed by atoms with van der Waals surface area (Å²) in [6.07, 6.45) is 0. The van der Waals surface area contributed by atoms with E-state index in [0.717, 1.165) is 5.69 Å². The summed E-state index contributed by atoms with van der Waals surface area (Å²) in [4.78, 5) is 30.3. The lowest BCUT2D eigenvalue weighted by Crippen LogP contribution is -2.29. The Labute approximate surface area is 219 Å². The molecule has 0 spiro atoms. The number of ketones is 1. The molecule has 1 fully saturated rings. The Morgan fingerprint density at radius 2 is 1.84 bits per heavy atom. The summed E-state index contributed by atoms with van der Waals surface area (Å²) in [7, 11) is 4.87. The third-order valence-corrected chi connectivity index (χ3v) is 6.77. The molecule has 2 heterocycles. The molecule has 2 aliphatic heterocycles. The maximum Gasteiger partial charge on any atom is 0.300 e. The highest BCUT2D eigenvalue weighted by Gasteiger charge is 2.48. The van der Waals surface area contributed by atoms with Crippen molar-refractivity contribution in [1.82, 2.24) is 0 Å². The third-order valence-electron chi connectivity index (χ3n) is 6.77. The number of amides is 1. The molecule has 5 rings (SSSR count). The third kappa shape index (κ3) is 3.96. The number of carbonyl (C=O) groups excluding carboxylic acids is 2. The van der Waals surface area contributed by atoms with Gasteiger partial charge in [0.25, 0.3) is 11.7 Å². The molecule has 3 aromatic carbocycles. The van der Waals surface area contributed by atoms with Crippen LogP contribution in [-0.2, 0) is 9.59 Å². The van der Waals surface area contributed by atoms with Crippen LogP contribution in [0.1, 0.15) is 22.7 Å². The fraction of sp³-hybridized carbons (Fsp3) is 0.207. The molecule has 0 bridgehead atoms. The second kappa shape index (κ2) is 9.82. The van der Waals surface area contributed by atoms with E-state index in [1.165, 1.54) is 19.1 Å². The summed E-state index contributed by atoms with van der Waals surface area (Å²) in [6, 6.07) is 17.6. The van der Waals surface area contributed by atoms with Crippen molar-refractivity contribution in [2.45, 2.75) is 6.04 Å². The Bertz CT molecular complexity index is 1510. The summed E-state index contributed by atoms with van der Waals surface area (Å²) in [5, 5.41) is 20.8. The lowest BCUT2D eigenvalue weighted by molar-refractivity contribution is -0.132. The van der Waals surface area contributed by atoms with Crippen LogP contribution < -0.4 is 24.0 Å². The Hall–Kier alpha value is -4.97. The van der Waals surface area contributed by atoms with Crippen LogP contribution >= 0.6 is 0 Å². The summed E-state index contributed by atoms with van der Waals surface area (Å²) >= 11 is 0. The molecule has 192 valence electrons. The number of hydrogen-bond donors (Lipinski definition) is 1. The van der Waals surface area contributed by atoms with Gasteiger partial charge in [0.05, 0.1) is 49.7 Å². The number of rotatable bonds is 5. The minimum atomic E-state index is -1.03. The maximum atomic E-state index is 13.5. The van der Waals surface area contributed by atoms with E-state index >= 15 is 0 Å². The topological polar surface area (TPSA) is 112 Å². The average Bonchev–Trinajstić information content (AvgIpc) is 3.21. The fourth-order valence-electron chi connectivity index (χ4n) is 4.87. The number of methoxy groups -OCH3 is 2. The first kappa shape index (κ1) is 24.7. The number of fused-ring (bicyclic) bond motifs is 1. The molecule has 0 aliphatic carbocycles. The summed E-state index contributed by atoms with van der Waals surface area (Å²) < 4.78 is 16.8. The molecular weight excluding hydrogens is 486 g/mol. The van der Waals surface area contributed by atoms with E-state index in [2.05, 4.69) is 0 Å². The highest BCUT2D eigenvalue weighted by atomic mass is 16.5. The van der Waals surface area contributed by atoms with Crippen LogP contribution in [0.15, 0.2) is 66.2 Å². The second-order valence-electron chi connectivity index (χ2n) is 8.86. The van der Waals surface area contributed by atoms with Crippen LogP contribution in [-0.4, -0.2) is 51.2 Å². The first-order chi connectivity index (χ1) is 18.4. The van der Waals surface area contributed by atoms with Crippen molar-refractivity contribution in [3.05, 3.63) is 82.9 Å². The average molecular weight is 512 g/mol. The van der Waals surface area contributed by atoms with Gasteiger partial charge < -0.3 is 24.2 Å². The maximum absolute atomic E-state index is 13.5. The Morgan fingerprint density at radius 1 is 1.08 bits per heavy atom. The van der Waals surface area contributed by atoms with Crippen molar-refractivity contribution >= 4 is 28.8 Å². The number of aliphatic hydroxyl groups is 1. The number of likely N-dealkylation sites (N-methyl/N-ethyl adjacent to an activating group) is 1. The number of Topliss-reactive ketones (excluding diaryl/α,β-unsaturated/α-hetero) is 1. The summed E-state index contributed by atoms with van der Waals surface area (Å²) in [6.45, 7) is 1.21. The zero-order valence-electron chi connectivity index (χ0n) is 21.1. The normalized spacial score (nSPS) is 18.0. The van der Waals surface area contributed by atoms with Crippen LogP contribution in [0.5, 0.6) is 17.2 Å². The number of nitriles is 1. The van der Waals surface area contributed by atoms with Crippen LogP contribution in [0.4, 0.5) is 11.4 Å². The second-order valence-corrected chi connectivity index (χ2v) is 8.86. The van der Waals surface area contributed by atoms with E-state index < -0.39 is 17.7 Å². The summed E-state index contributed by atoms with van der Waals surface area (Å²) in [5.74, 6) is -0.586. The molecule has 0 radical (unpaired) electrons. The van der Waals surface area contributed by atoms with Crippen molar-refractivity contribution in [3.8, 4) is 23.3 Å². The van der Waals surface area contributed by atoms with Crippen LogP contribution in [0, 0.1) is 11.3 Å². The van der Waals surface area contributed by atoms with Gasteiger partial charge in [-0.1, -0.05) is 12.1 Å². The zero-order valence-corrected chi connectivity index (χ0v) is 21.1. The molecule has 9 heteroatoms. The number of ether oxygens (including phenoxy) is 3. The van der Waals surface area contributed by atoms with Crippen LogP contribution in [0.2, 0.25) is 0 Å². The molecule has 0 saturated carbocycles. The molecule has 3 aromatic rings. The number of hydrogen-bond acceptors (Lipinski definition) is 8. The first-order valence-corrected chi connectivity index (χ1v) is 11.9. The number of nitrogens with zero attached hydrogens (tertiary/aromatic N) is 3. The molecule has 2 aliphatic rings. The van der Waals surface area contributed by atoms with E-state index in [9.17, 15) is 20.0 Å². The van der Waals surface area contributed by atoms with E-state index in [1.54, 1.807) is 60.7 Å². The zero-order chi connectivity index (χ0) is 27.0. The smallest absolute Gasteiger partial charge is 0.300 e. The van der Waals surface area contributed by atoms with E-state index in [0.29, 0.717) is 52.8 Å². The number of carbonyl (C=O) groups is 2. The van der Waals surface area contributed by atoms with E-state index in [4.69, 9.17) is 14.2 Å².